The van der Waals surface area contributed by atoms with E-state index in [-0.39, 0.29) is 133 Å². The van der Waals surface area contributed by atoms with E-state index in [1.807, 2.05) is 52.8 Å². The number of aryl methyl sites for hydroxylation is 6. The van der Waals surface area contributed by atoms with Crippen molar-refractivity contribution in [3.8, 4) is 50.0 Å². The Morgan fingerprint density at radius 1 is 0.308 bits per heavy atom. The Balaban J connectivity index is 0.000000141. The minimum atomic E-state index is -0.228. The molecule has 0 spiro atoms. The standard InChI is InChI=1S/2C32H30N2.C18H20N2.C17H14N2S.C14H11FN2.5Ir/c1-31(2)25-13-6-7-14-26(25)32(3,4)28-20-23(17-18-27(28)31)22-11-10-12-24(19-22)34-21-33(5)29-15-8-9-16-30(29)34;1-31(2)25-10-6-7-11-26(25)32(3,4)28-20-23(16-19-27(28)31)22-14-17-24(18-15-22)34-21-33(5)29-12-8-9-13-30(29)34;1-18(2,3)14-9-11-15(12-10-14)20-13-19(4)16-7-5-6-8-17(16)20;1-12-6-5-8-14-17(12)19(11-18(14)2)16-10-13-7-3-4-9-15(13)20-16;1-16-10-17(12-5-3-2-4-6-12)14-9-11(15)7-8-13(14)16;;;;;/h6-11,13-21H,1-5H3;6-17,19-21H,1-5H3;5-11,13H,1-4H3;3-9,11H,1-2H3;2-5,7-10H,1H3;;;;;. The molecule has 0 aliphatic heterocycles. The van der Waals surface area contributed by atoms with Gasteiger partial charge in [-0.3, -0.25) is 0 Å². The Hall–Kier alpha value is -10.4. The molecule has 0 N–H and O–H groups in total. The van der Waals surface area contributed by atoms with E-state index in [2.05, 4.69) is 452 Å². The van der Waals surface area contributed by atoms with Crippen LogP contribution in [-0.2, 0) is 163 Å². The van der Waals surface area contributed by atoms with Gasteiger partial charge in [-0.05, 0) is 112 Å². The first-order valence-electron chi connectivity index (χ1n) is 43.0. The smallest absolute Gasteiger partial charge is 0.193 e. The number of nitrogens with zero attached hydrogens (tertiary/aromatic N) is 10. The molecule has 0 fully saturated rings. The van der Waals surface area contributed by atoms with Crippen molar-refractivity contribution in [2.45, 2.75) is 110 Å². The Bertz CT molecular complexity index is 7470. The van der Waals surface area contributed by atoms with Gasteiger partial charge in [0.25, 0.3) is 0 Å². The van der Waals surface area contributed by atoms with Crippen LogP contribution >= 0.6 is 11.3 Å². The van der Waals surface area contributed by atoms with Crippen molar-refractivity contribution in [3.05, 3.63) is 421 Å². The zero-order chi connectivity index (χ0) is 87.2. The molecule has 17 heteroatoms. The summed E-state index contributed by atoms with van der Waals surface area (Å²) in [5, 5.41) is 2.33. The van der Waals surface area contributed by atoms with Gasteiger partial charge in [-0.1, -0.05) is 195 Å². The first kappa shape index (κ1) is 97.1. The van der Waals surface area contributed by atoms with Crippen molar-refractivity contribution < 1.29 is 105 Å². The summed E-state index contributed by atoms with van der Waals surface area (Å²) in [6.07, 6.45) is 10.4. The maximum atomic E-state index is 13.3. The van der Waals surface area contributed by atoms with Gasteiger partial charge < -0.3 is 0 Å². The van der Waals surface area contributed by atoms with Crippen LogP contribution < -0.4 is 0 Å². The summed E-state index contributed by atoms with van der Waals surface area (Å²) in [7, 11) is 10.3. The fourth-order valence-electron chi connectivity index (χ4n) is 18.9. The molecular formula is C113H105FIr5N10S. The molecule has 130 heavy (non-hydrogen) atoms. The summed E-state index contributed by atoms with van der Waals surface area (Å²) in [4.78, 5) is 0. The Morgan fingerprint density at radius 3 is 1.17 bits per heavy atom. The Labute approximate surface area is 835 Å². The van der Waals surface area contributed by atoms with Crippen LogP contribution in [0.25, 0.3) is 115 Å². The largest absolute Gasteiger partial charge is 0.248 e. The van der Waals surface area contributed by atoms with Gasteiger partial charge >= 0.3 is 0 Å². The van der Waals surface area contributed by atoms with Gasteiger partial charge in [0.2, 0.25) is 0 Å². The van der Waals surface area contributed by atoms with E-state index in [4.69, 9.17) is 0 Å². The normalized spacial score (nSPS) is 13.2. The molecule has 0 atom stereocenters. The van der Waals surface area contributed by atoms with E-state index < -0.39 is 0 Å². The molecule has 6 heterocycles. The van der Waals surface area contributed by atoms with Crippen molar-refractivity contribution in [2.75, 3.05) is 0 Å². The van der Waals surface area contributed by atoms with Gasteiger partial charge in [0.1, 0.15) is 10.8 Å². The molecular weight excluding hydrogens is 2510 g/mol. The van der Waals surface area contributed by atoms with Gasteiger partial charge in [-0.2, -0.15) is 70.6 Å². The number of hydrogen-bond donors (Lipinski definition) is 0. The third kappa shape index (κ3) is 18.2. The van der Waals surface area contributed by atoms with E-state index in [1.54, 1.807) is 17.4 Å². The number of aromatic nitrogens is 10. The van der Waals surface area contributed by atoms with Crippen LogP contribution in [0, 0.1) is 43.1 Å². The Kier molecular flexibility index (Phi) is 29.0. The summed E-state index contributed by atoms with van der Waals surface area (Å²) in [6, 6.07) is 121. The molecule has 0 saturated carbocycles. The predicted molar refractivity (Wildman–Crippen MR) is 518 cm³/mol. The maximum absolute atomic E-state index is 13.3. The molecule has 665 valence electrons. The number of thiophene rings is 1. The molecule has 0 saturated heterocycles. The number of halogens is 1. The summed E-state index contributed by atoms with van der Waals surface area (Å²) < 4.78 is 36.0. The number of rotatable bonds is 7. The van der Waals surface area contributed by atoms with Crippen LogP contribution in [0.3, 0.4) is 0 Å². The first-order valence-corrected chi connectivity index (χ1v) is 43.8. The number of fused-ring (bicyclic) bond motifs is 10. The second-order valence-electron chi connectivity index (χ2n) is 36.5. The van der Waals surface area contributed by atoms with Crippen LogP contribution in [0.4, 0.5) is 4.39 Å². The number of imidazole rings is 5. The molecule has 5 radical (unpaired) electrons. The molecule has 20 aromatic rings. The zero-order valence-electron chi connectivity index (χ0n) is 76.1. The van der Waals surface area contributed by atoms with Crippen molar-refractivity contribution in [2.24, 2.45) is 35.2 Å². The van der Waals surface area contributed by atoms with Gasteiger partial charge in [-0.15, -0.1) is 82.6 Å². The van der Waals surface area contributed by atoms with Crippen LogP contribution in [0.5, 0.6) is 0 Å². The monoisotopic (exact) mass is 2620 g/mol. The van der Waals surface area contributed by atoms with E-state index in [0.29, 0.717) is 0 Å². The molecule has 0 bridgehead atoms. The van der Waals surface area contributed by atoms with Gasteiger partial charge in [0.05, 0.1) is 6.07 Å². The number of para-hydroxylation sites is 8. The number of hydrogen-bond acceptors (Lipinski definition) is 1. The van der Waals surface area contributed by atoms with Gasteiger partial charge in [-0.25, -0.2) is 45.5 Å². The van der Waals surface area contributed by atoms with Crippen LogP contribution in [-0.4, -0.2) is 45.7 Å². The SMILES string of the molecule is Cc1cccc2c1n(-c1[c-]c3ccccc3s1)[cH+]n2C.Cn1[cH+]n(-c2[c-]cc(-c3ccc4c(c3)C(C)(C)c3ccccc3C4(C)C)cc2)c2ccccc21.Cn1[cH+]n(-c2[c-]cc(C(C)(C)C)cc2)c2ccccc21.Cn1[cH+]n(-c2[c-]ccc(-c3ccc4c(c3)C(C)(C)c3ccccc3C4(C)C)c2)c2ccccc21.Cn1[cH+]n(-c2[c-]cccc2)c2cc(F)ccc21.[Ir].[Ir].[Ir].[Ir].[Ir]. The van der Waals surface area contributed by atoms with Crippen LogP contribution in [0.2, 0.25) is 0 Å². The molecule has 2 aliphatic carbocycles. The fourth-order valence-corrected chi connectivity index (χ4v) is 19.9. The summed E-state index contributed by atoms with van der Waals surface area (Å²) in [5.74, 6) is -0.228. The fraction of sp³-hybridized carbons (Fsp3) is 0.195. The van der Waals surface area contributed by atoms with Gasteiger partial charge in [0.15, 0.2) is 86.8 Å². The zero-order valence-corrected chi connectivity index (χ0v) is 88.9. The quantitative estimate of drug-likeness (QED) is 0.143. The molecule has 0 unspecified atom stereocenters. The van der Waals surface area contributed by atoms with Crippen molar-refractivity contribution in [1.82, 2.24) is 45.7 Å². The topological polar surface area (TPSA) is 49.3 Å². The second kappa shape index (κ2) is 38.8. The van der Waals surface area contributed by atoms with Crippen molar-refractivity contribution in [1.29, 1.82) is 0 Å². The second-order valence-corrected chi connectivity index (χ2v) is 37.6. The van der Waals surface area contributed by atoms with Crippen LogP contribution in [0.15, 0.2) is 329 Å². The first-order chi connectivity index (χ1) is 60.0. The number of benzene rings is 14. The Morgan fingerprint density at radius 2 is 0.692 bits per heavy atom. The third-order valence-electron chi connectivity index (χ3n) is 25.9. The molecule has 22 rings (SSSR count). The average Bonchev–Trinajstić information content (AvgIpc) is 1.19. The van der Waals surface area contributed by atoms with E-state index in [9.17, 15) is 4.39 Å². The molecule has 14 aromatic carbocycles. The van der Waals surface area contributed by atoms with E-state index in [0.717, 1.165) is 38.8 Å². The minimum Gasteiger partial charge on any atom is -0.248 e. The summed E-state index contributed by atoms with van der Waals surface area (Å²) in [6.45, 7) is 27.7. The third-order valence-corrected chi connectivity index (χ3v) is 27.0. The minimum absolute atomic E-state index is 0. The van der Waals surface area contributed by atoms with Gasteiger partial charge in [0, 0.05) is 234 Å². The molecule has 0 amide bonds. The van der Waals surface area contributed by atoms with E-state index in [1.165, 1.54) is 144 Å². The summed E-state index contributed by atoms with van der Waals surface area (Å²) in [5.41, 5.74) is 34.6. The molecule has 2 aliphatic rings. The maximum Gasteiger partial charge on any atom is 0.193 e. The average molecular weight is 2620 g/mol. The van der Waals surface area contributed by atoms with E-state index >= 15 is 0 Å². The molecule has 10 nitrogen and oxygen atoms in total. The van der Waals surface area contributed by atoms with Crippen molar-refractivity contribution in [3.63, 3.8) is 0 Å². The summed E-state index contributed by atoms with van der Waals surface area (Å²) >= 11 is 1.78. The van der Waals surface area contributed by atoms with Crippen LogP contribution in [0.1, 0.15) is 132 Å². The predicted octanol–water partition coefficient (Wildman–Crippen LogP) is 27.5. The molecule has 6 aromatic heterocycles. The van der Waals surface area contributed by atoms with Crippen molar-refractivity contribution >= 4 is 76.6 Å².